The molecule has 3 rings (SSSR count). The number of alkyl halides is 3. The summed E-state index contributed by atoms with van der Waals surface area (Å²) in [6, 6.07) is 0.957. The van der Waals surface area contributed by atoms with Gasteiger partial charge in [-0.05, 0) is 13.0 Å². The Morgan fingerprint density at radius 1 is 1.12 bits per heavy atom. The Balaban J connectivity index is 1.68. The van der Waals surface area contributed by atoms with Crippen LogP contribution in [-0.2, 0) is 17.5 Å². The number of nitrogens with zero attached hydrogens (tertiary/aromatic N) is 6. The summed E-state index contributed by atoms with van der Waals surface area (Å²) in [6.07, 6.45) is -4.48. The zero-order chi connectivity index (χ0) is 18.0. The Kier molecular flexibility index (Phi) is 5.04. The van der Waals surface area contributed by atoms with Gasteiger partial charge in [0.25, 0.3) is 0 Å². The zero-order valence-electron chi connectivity index (χ0n) is 13.7. The molecule has 0 aliphatic carbocycles. The second-order valence-corrected chi connectivity index (χ2v) is 6.32. The maximum absolute atomic E-state index is 12.9. The highest BCUT2D eigenvalue weighted by atomic mass is 32.1. The molecule has 0 N–H and O–H groups in total. The lowest BCUT2D eigenvalue weighted by molar-refractivity contribution is -0.141. The topological polar surface area (TPSA) is 67.3 Å². The molecule has 2 aromatic rings. The highest BCUT2D eigenvalue weighted by molar-refractivity contribution is 7.09. The van der Waals surface area contributed by atoms with Crippen LogP contribution in [0, 0.1) is 6.92 Å². The lowest BCUT2D eigenvalue weighted by Gasteiger charge is -2.34. The molecule has 7 nitrogen and oxygen atoms in total. The van der Waals surface area contributed by atoms with Crippen molar-refractivity contribution in [1.82, 2.24) is 19.3 Å². The van der Waals surface area contributed by atoms with Crippen LogP contribution in [0.4, 0.5) is 24.3 Å². The molecule has 11 heteroatoms. The zero-order valence-corrected chi connectivity index (χ0v) is 14.6. The van der Waals surface area contributed by atoms with Gasteiger partial charge in [-0.1, -0.05) is 0 Å². The highest BCUT2D eigenvalue weighted by Crippen LogP contribution is 2.29. The molecule has 136 valence electrons. The van der Waals surface area contributed by atoms with Crippen molar-refractivity contribution in [3.63, 3.8) is 0 Å². The molecule has 0 bridgehead atoms. The summed E-state index contributed by atoms with van der Waals surface area (Å²) in [5, 5.41) is 0.785. The highest BCUT2D eigenvalue weighted by Gasteiger charge is 2.34. The smallest absolute Gasteiger partial charge is 0.377 e. The number of hydrogen-bond donors (Lipinski definition) is 0. The van der Waals surface area contributed by atoms with E-state index in [1.165, 1.54) is 18.5 Å². The third kappa shape index (κ3) is 4.15. The summed E-state index contributed by atoms with van der Waals surface area (Å²) < 4.78 is 48.0. The number of rotatable bonds is 4. The predicted octanol–water partition coefficient (Wildman–Crippen LogP) is 2.13. The minimum atomic E-state index is -4.48. The molecule has 1 aliphatic heterocycles. The molecule has 0 atom stereocenters. The van der Waals surface area contributed by atoms with E-state index in [2.05, 4.69) is 19.3 Å². The molecule has 0 aromatic carbocycles. The van der Waals surface area contributed by atoms with Crippen molar-refractivity contribution in [2.45, 2.75) is 19.7 Å². The molecule has 2 aromatic heterocycles. The molecule has 3 heterocycles. The Bertz CT molecular complexity index is 730. The lowest BCUT2D eigenvalue weighted by atomic mass is 10.3. The summed E-state index contributed by atoms with van der Waals surface area (Å²) >= 11 is 1.29. The standard InChI is InChI=1S/C14H17F3N6OS/c1-9-7-10(14(15,16)17)19-12(18-9)22-3-5-23(6-4-22)13-20-11(8-24-2)21-25-13/h7H,3-6,8H2,1-2H3. The van der Waals surface area contributed by atoms with E-state index in [4.69, 9.17) is 4.74 Å². The predicted molar refractivity (Wildman–Crippen MR) is 86.8 cm³/mol. The largest absolute Gasteiger partial charge is 0.433 e. The van der Waals surface area contributed by atoms with Crippen LogP contribution in [0.1, 0.15) is 17.2 Å². The normalized spacial score (nSPS) is 15.7. The summed E-state index contributed by atoms with van der Waals surface area (Å²) in [5.74, 6) is 0.742. The molecule has 25 heavy (non-hydrogen) atoms. The van der Waals surface area contributed by atoms with Crippen molar-refractivity contribution < 1.29 is 17.9 Å². The van der Waals surface area contributed by atoms with Crippen molar-refractivity contribution in [3.8, 4) is 0 Å². The Hall–Kier alpha value is -2.01. The minimum absolute atomic E-state index is 0.115. The van der Waals surface area contributed by atoms with Crippen molar-refractivity contribution in [3.05, 3.63) is 23.3 Å². The number of aromatic nitrogens is 4. The van der Waals surface area contributed by atoms with Crippen LogP contribution in [0.3, 0.4) is 0 Å². The lowest BCUT2D eigenvalue weighted by Crippen LogP contribution is -2.47. The van der Waals surface area contributed by atoms with Crippen molar-refractivity contribution in [2.75, 3.05) is 43.1 Å². The van der Waals surface area contributed by atoms with Crippen molar-refractivity contribution in [1.29, 1.82) is 0 Å². The van der Waals surface area contributed by atoms with Crippen LogP contribution < -0.4 is 9.80 Å². The van der Waals surface area contributed by atoms with E-state index < -0.39 is 11.9 Å². The number of aryl methyl sites for hydroxylation is 1. The molecule has 1 saturated heterocycles. The number of methoxy groups -OCH3 is 1. The van der Waals surface area contributed by atoms with Gasteiger partial charge >= 0.3 is 6.18 Å². The number of ether oxygens (including phenoxy) is 1. The molecule has 0 amide bonds. The number of piperazine rings is 1. The molecule has 1 fully saturated rings. The van der Waals surface area contributed by atoms with E-state index in [0.29, 0.717) is 44.3 Å². The molecule has 0 saturated carbocycles. The second-order valence-electron chi connectivity index (χ2n) is 5.59. The van der Waals surface area contributed by atoms with E-state index in [0.717, 1.165) is 11.2 Å². The van der Waals surface area contributed by atoms with E-state index >= 15 is 0 Å². The third-order valence-corrected chi connectivity index (χ3v) is 4.51. The van der Waals surface area contributed by atoms with Gasteiger partial charge in [0.15, 0.2) is 5.82 Å². The van der Waals surface area contributed by atoms with Gasteiger partial charge in [-0.2, -0.15) is 17.5 Å². The van der Waals surface area contributed by atoms with Crippen molar-refractivity contribution >= 4 is 22.6 Å². The van der Waals surface area contributed by atoms with Gasteiger partial charge in [-0.3, -0.25) is 0 Å². The van der Waals surface area contributed by atoms with Crippen LogP contribution in [0.5, 0.6) is 0 Å². The van der Waals surface area contributed by atoms with Gasteiger partial charge in [-0.25, -0.2) is 15.0 Å². The molecular weight excluding hydrogens is 357 g/mol. The van der Waals surface area contributed by atoms with E-state index in [1.54, 1.807) is 12.0 Å². The van der Waals surface area contributed by atoms with Gasteiger partial charge in [-0.15, -0.1) is 0 Å². The van der Waals surface area contributed by atoms with Gasteiger partial charge < -0.3 is 14.5 Å². The van der Waals surface area contributed by atoms with Crippen LogP contribution in [0.25, 0.3) is 0 Å². The fourth-order valence-electron chi connectivity index (χ4n) is 2.50. The first-order valence-corrected chi connectivity index (χ1v) is 8.38. The second kappa shape index (κ2) is 7.08. The van der Waals surface area contributed by atoms with E-state index in [1.807, 2.05) is 4.90 Å². The Labute approximate surface area is 146 Å². The number of halogens is 3. The third-order valence-electron chi connectivity index (χ3n) is 3.70. The Morgan fingerprint density at radius 2 is 1.80 bits per heavy atom. The maximum atomic E-state index is 12.9. The molecule has 0 unspecified atom stereocenters. The fourth-order valence-corrected chi connectivity index (χ4v) is 3.22. The number of hydrogen-bond acceptors (Lipinski definition) is 8. The molecular formula is C14H17F3N6OS. The van der Waals surface area contributed by atoms with Crippen molar-refractivity contribution in [2.24, 2.45) is 0 Å². The van der Waals surface area contributed by atoms with E-state index in [9.17, 15) is 13.2 Å². The molecule has 0 radical (unpaired) electrons. The first-order valence-electron chi connectivity index (χ1n) is 7.61. The van der Waals surface area contributed by atoms with Crippen LogP contribution in [0.15, 0.2) is 6.07 Å². The van der Waals surface area contributed by atoms with Gasteiger partial charge in [0.1, 0.15) is 12.3 Å². The first kappa shape index (κ1) is 17.8. The maximum Gasteiger partial charge on any atom is 0.433 e. The molecule has 0 spiro atoms. The summed E-state index contributed by atoms with van der Waals surface area (Å²) in [4.78, 5) is 16.0. The summed E-state index contributed by atoms with van der Waals surface area (Å²) in [5.41, 5.74) is -0.612. The Morgan fingerprint density at radius 3 is 2.44 bits per heavy atom. The number of anilines is 2. The fraction of sp³-hybridized carbons (Fsp3) is 0.571. The van der Waals surface area contributed by atoms with E-state index in [-0.39, 0.29) is 5.95 Å². The van der Waals surface area contributed by atoms with Gasteiger partial charge in [0.05, 0.1) is 0 Å². The summed E-state index contributed by atoms with van der Waals surface area (Å²) in [6.45, 7) is 4.14. The average Bonchev–Trinajstić information content (AvgIpc) is 3.03. The monoisotopic (exact) mass is 374 g/mol. The average molecular weight is 374 g/mol. The van der Waals surface area contributed by atoms with Crippen LogP contribution in [0.2, 0.25) is 0 Å². The SMILES string of the molecule is COCc1nsc(N2CCN(c3nc(C)cc(C(F)(F)F)n3)CC2)n1. The summed E-state index contributed by atoms with van der Waals surface area (Å²) in [7, 11) is 1.58. The first-order chi connectivity index (χ1) is 11.9. The molecule has 1 aliphatic rings. The minimum Gasteiger partial charge on any atom is -0.377 e. The van der Waals surface area contributed by atoms with Gasteiger partial charge in [0, 0.05) is 50.5 Å². The quantitative estimate of drug-likeness (QED) is 0.812. The van der Waals surface area contributed by atoms with Crippen LogP contribution >= 0.6 is 11.5 Å². The van der Waals surface area contributed by atoms with Gasteiger partial charge in [0.2, 0.25) is 11.1 Å². The van der Waals surface area contributed by atoms with Crippen LogP contribution in [-0.4, -0.2) is 52.6 Å².